The molecule has 1 aromatic heterocycles. The molecule has 0 radical (unpaired) electrons. The van der Waals surface area contributed by atoms with Crippen molar-refractivity contribution in [3.05, 3.63) is 0 Å². The van der Waals surface area contributed by atoms with Crippen molar-refractivity contribution in [3.8, 4) is 0 Å². The normalized spacial score (nSPS) is 20.0. The van der Waals surface area contributed by atoms with Gasteiger partial charge in [0.2, 0.25) is 17.8 Å². The summed E-state index contributed by atoms with van der Waals surface area (Å²) >= 11 is 0. The van der Waals surface area contributed by atoms with Gasteiger partial charge in [0.15, 0.2) is 0 Å². The van der Waals surface area contributed by atoms with Crippen LogP contribution in [0.5, 0.6) is 0 Å². The van der Waals surface area contributed by atoms with Crippen LogP contribution in [0.25, 0.3) is 0 Å². The Morgan fingerprint density at radius 3 is 2.68 bits per heavy atom. The van der Waals surface area contributed by atoms with Crippen molar-refractivity contribution in [2.24, 2.45) is 11.8 Å². The molecule has 0 aromatic carbocycles. The standard InChI is InChI=1S/C12H23N7/c1-9-5-4-7-19(8-6-9)12-15-10(17-13)14-11(16-12)18(2)3/h9H,4-8,13H2,1-3H3,(H,14,15,16,17). The zero-order valence-electron chi connectivity index (χ0n) is 11.9. The molecule has 0 amide bonds. The third-order valence-electron chi connectivity index (χ3n) is 3.44. The Morgan fingerprint density at radius 2 is 2.00 bits per heavy atom. The zero-order valence-corrected chi connectivity index (χ0v) is 11.9. The lowest BCUT2D eigenvalue weighted by molar-refractivity contribution is 0.521. The number of rotatable bonds is 3. The first-order valence-electron chi connectivity index (χ1n) is 6.75. The SMILES string of the molecule is CC1CCCN(c2nc(NN)nc(N(C)C)n2)CC1. The molecule has 3 N–H and O–H groups in total. The average molecular weight is 265 g/mol. The van der Waals surface area contributed by atoms with Gasteiger partial charge in [-0.3, -0.25) is 5.43 Å². The Kier molecular flexibility index (Phi) is 4.36. The van der Waals surface area contributed by atoms with Gasteiger partial charge in [0.25, 0.3) is 0 Å². The van der Waals surface area contributed by atoms with Gasteiger partial charge in [-0.05, 0) is 25.2 Å². The van der Waals surface area contributed by atoms with Gasteiger partial charge in [-0.15, -0.1) is 0 Å². The lowest BCUT2D eigenvalue weighted by atomic mass is 10.0. The highest BCUT2D eigenvalue weighted by molar-refractivity contribution is 5.44. The lowest BCUT2D eigenvalue weighted by Gasteiger charge is -2.22. The maximum absolute atomic E-state index is 5.43. The number of hydrazine groups is 1. The van der Waals surface area contributed by atoms with Crippen LogP contribution in [0.4, 0.5) is 17.8 Å². The first kappa shape index (κ1) is 13.8. The van der Waals surface area contributed by atoms with E-state index in [1.165, 1.54) is 19.3 Å². The molecule has 7 nitrogen and oxygen atoms in total. The van der Waals surface area contributed by atoms with Crippen molar-refractivity contribution in [2.45, 2.75) is 26.2 Å². The average Bonchev–Trinajstić information content (AvgIpc) is 2.63. The summed E-state index contributed by atoms with van der Waals surface area (Å²) in [6, 6.07) is 0. The molecule has 1 fully saturated rings. The van der Waals surface area contributed by atoms with E-state index in [0.717, 1.165) is 19.0 Å². The van der Waals surface area contributed by atoms with Gasteiger partial charge in [0, 0.05) is 27.2 Å². The number of nitrogens with zero attached hydrogens (tertiary/aromatic N) is 5. The molecule has 7 heteroatoms. The summed E-state index contributed by atoms with van der Waals surface area (Å²) in [7, 11) is 3.81. The molecule has 0 spiro atoms. The molecule has 1 unspecified atom stereocenters. The highest BCUT2D eigenvalue weighted by Crippen LogP contribution is 2.21. The monoisotopic (exact) mass is 265 g/mol. The first-order chi connectivity index (χ1) is 9.10. The quantitative estimate of drug-likeness (QED) is 0.619. The Bertz CT molecular complexity index is 421. The molecule has 106 valence electrons. The summed E-state index contributed by atoms with van der Waals surface area (Å²) in [6.07, 6.45) is 3.62. The fraction of sp³-hybridized carbons (Fsp3) is 0.750. The summed E-state index contributed by atoms with van der Waals surface area (Å²) in [6.45, 7) is 4.28. The molecular weight excluding hydrogens is 242 g/mol. The number of aromatic nitrogens is 3. The summed E-state index contributed by atoms with van der Waals surface area (Å²) in [4.78, 5) is 17.2. The third kappa shape index (κ3) is 3.44. The van der Waals surface area contributed by atoms with Gasteiger partial charge >= 0.3 is 0 Å². The fourth-order valence-corrected chi connectivity index (χ4v) is 2.22. The van der Waals surface area contributed by atoms with Crippen LogP contribution < -0.4 is 21.1 Å². The molecule has 0 aliphatic carbocycles. The van der Waals surface area contributed by atoms with E-state index < -0.39 is 0 Å². The molecule has 2 heterocycles. The summed E-state index contributed by atoms with van der Waals surface area (Å²) in [5.41, 5.74) is 2.51. The Balaban J connectivity index is 2.24. The smallest absolute Gasteiger partial charge is 0.243 e. The summed E-state index contributed by atoms with van der Waals surface area (Å²) in [5, 5.41) is 0. The number of nitrogen functional groups attached to an aromatic ring is 1. The molecule has 1 aliphatic heterocycles. The van der Waals surface area contributed by atoms with Gasteiger partial charge in [0.05, 0.1) is 0 Å². The molecule has 0 bridgehead atoms. The molecular formula is C12H23N7. The van der Waals surface area contributed by atoms with Gasteiger partial charge in [-0.2, -0.15) is 15.0 Å². The van der Waals surface area contributed by atoms with Gasteiger partial charge in [0.1, 0.15) is 0 Å². The molecule has 1 aliphatic rings. The minimum absolute atomic E-state index is 0.408. The van der Waals surface area contributed by atoms with Crippen LogP contribution in [0.3, 0.4) is 0 Å². The van der Waals surface area contributed by atoms with Crippen molar-refractivity contribution in [1.29, 1.82) is 0 Å². The topological polar surface area (TPSA) is 83.2 Å². The van der Waals surface area contributed by atoms with E-state index in [4.69, 9.17) is 5.84 Å². The molecule has 0 saturated carbocycles. The molecule has 1 saturated heterocycles. The number of hydrogen-bond donors (Lipinski definition) is 2. The van der Waals surface area contributed by atoms with Crippen molar-refractivity contribution in [2.75, 3.05) is 42.4 Å². The van der Waals surface area contributed by atoms with E-state index in [9.17, 15) is 0 Å². The van der Waals surface area contributed by atoms with Gasteiger partial charge < -0.3 is 9.80 Å². The van der Waals surface area contributed by atoms with Crippen molar-refractivity contribution in [1.82, 2.24) is 15.0 Å². The largest absolute Gasteiger partial charge is 0.347 e. The molecule has 2 rings (SSSR count). The van der Waals surface area contributed by atoms with Crippen LogP contribution in [0, 0.1) is 5.92 Å². The van der Waals surface area contributed by atoms with Crippen LogP contribution in [-0.2, 0) is 0 Å². The van der Waals surface area contributed by atoms with Crippen molar-refractivity contribution < 1.29 is 0 Å². The second-order valence-corrected chi connectivity index (χ2v) is 5.32. The predicted octanol–water partition coefficient (Wildman–Crippen LogP) is 0.850. The van der Waals surface area contributed by atoms with Crippen molar-refractivity contribution >= 4 is 17.8 Å². The van der Waals surface area contributed by atoms with Crippen LogP contribution in [-0.4, -0.2) is 42.1 Å². The minimum atomic E-state index is 0.408. The number of hydrogen-bond acceptors (Lipinski definition) is 7. The van der Waals surface area contributed by atoms with Crippen LogP contribution in [0.2, 0.25) is 0 Å². The molecule has 19 heavy (non-hydrogen) atoms. The van der Waals surface area contributed by atoms with Gasteiger partial charge in [-0.25, -0.2) is 5.84 Å². The Labute approximate surface area is 114 Å². The van der Waals surface area contributed by atoms with Crippen LogP contribution in [0.1, 0.15) is 26.2 Å². The van der Waals surface area contributed by atoms with E-state index in [0.29, 0.717) is 17.8 Å². The van der Waals surface area contributed by atoms with Crippen LogP contribution >= 0.6 is 0 Å². The van der Waals surface area contributed by atoms with E-state index in [1.807, 2.05) is 19.0 Å². The van der Waals surface area contributed by atoms with Crippen molar-refractivity contribution in [3.63, 3.8) is 0 Å². The Hall–Kier alpha value is -1.63. The highest BCUT2D eigenvalue weighted by Gasteiger charge is 2.18. The van der Waals surface area contributed by atoms with Gasteiger partial charge in [-0.1, -0.05) is 6.92 Å². The minimum Gasteiger partial charge on any atom is -0.347 e. The Morgan fingerprint density at radius 1 is 1.21 bits per heavy atom. The summed E-state index contributed by atoms with van der Waals surface area (Å²) in [5.74, 6) is 7.94. The molecule has 1 aromatic rings. The van der Waals surface area contributed by atoms with E-state index in [-0.39, 0.29) is 0 Å². The fourth-order valence-electron chi connectivity index (χ4n) is 2.22. The molecule has 1 atom stereocenters. The second kappa shape index (κ2) is 6.01. The maximum Gasteiger partial charge on any atom is 0.243 e. The highest BCUT2D eigenvalue weighted by atomic mass is 15.4. The second-order valence-electron chi connectivity index (χ2n) is 5.32. The van der Waals surface area contributed by atoms with E-state index in [2.05, 4.69) is 32.2 Å². The maximum atomic E-state index is 5.43. The van der Waals surface area contributed by atoms with E-state index >= 15 is 0 Å². The third-order valence-corrected chi connectivity index (χ3v) is 3.44. The lowest BCUT2D eigenvalue weighted by Crippen LogP contribution is -2.28. The number of nitrogens with two attached hydrogens (primary N) is 1. The first-order valence-corrected chi connectivity index (χ1v) is 6.75. The van der Waals surface area contributed by atoms with E-state index in [1.54, 1.807) is 0 Å². The number of anilines is 3. The zero-order chi connectivity index (χ0) is 13.8. The predicted molar refractivity (Wildman–Crippen MR) is 77.2 cm³/mol. The van der Waals surface area contributed by atoms with Crippen LogP contribution in [0.15, 0.2) is 0 Å². The summed E-state index contributed by atoms with van der Waals surface area (Å²) < 4.78 is 0. The number of nitrogens with one attached hydrogen (secondary N) is 1.